The van der Waals surface area contributed by atoms with Crippen LogP contribution in [-0.2, 0) is 19.6 Å². The highest BCUT2D eigenvalue weighted by molar-refractivity contribution is 7.89. The topological polar surface area (TPSA) is 84.9 Å². The minimum atomic E-state index is -3.75. The lowest BCUT2D eigenvalue weighted by molar-refractivity contribution is -0.126. The summed E-state index contributed by atoms with van der Waals surface area (Å²) in [5.74, 6) is 0.0949. The van der Waals surface area contributed by atoms with Crippen molar-refractivity contribution in [3.63, 3.8) is 0 Å². The van der Waals surface area contributed by atoms with Gasteiger partial charge in [0.2, 0.25) is 15.9 Å². The normalized spacial score (nSPS) is 18.0. The quantitative estimate of drug-likeness (QED) is 0.582. The molecular weight excluding hydrogens is 392 g/mol. The summed E-state index contributed by atoms with van der Waals surface area (Å²) in [4.78, 5) is 12.7. The van der Waals surface area contributed by atoms with Gasteiger partial charge in [0.25, 0.3) is 0 Å². The molecule has 1 aromatic carbocycles. The lowest BCUT2D eigenvalue weighted by Gasteiger charge is -2.31. The van der Waals surface area contributed by atoms with E-state index in [9.17, 15) is 13.2 Å². The molecule has 0 aliphatic carbocycles. The number of piperidine rings is 1. The number of rotatable bonds is 10. The molecule has 2 rings (SSSR count). The fraction of sp³-hybridized carbons (Fsp3) is 0.667. The number of methoxy groups -OCH3 is 1. The first-order valence-electron chi connectivity index (χ1n) is 10.3. The molecule has 0 radical (unpaired) electrons. The molecule has 7 nitrogen and oxygen atoms in total. The third kappa shape index (κ3) is 6.17. The third-order valence-electron chi connectivity index (χ3n) is 5.20. The number of amides is 1. The highest BCUT2D eigenvalue weighted by atomic mass is 32.2. The fourth-order valence-corrected chi connectivity index (χ4v) is 5.16. The fourth-order valence-electron chi connectivity index (χ4n) is 3.44. The molecule has 0 unspecified atom stereocenters. The van der Waals surface area contributed by atoms with Crippen LogP contribution in [0, 0.1) is 5.92 Å². The first-order valence-corrected chi connectivity index (χ1v) is 11.8. The minimum absolute atomic E-state index is 0.0932. The lowest BCUT2D eigenvalue weighted by Crippen LogP contribution is -2.45. The van der Waals surface area contributed by atoms with Gasteiger partial charge in [-0.3, -0.25) is 4.79 Å². The van der Waals surface area contributed by atoms with Crippen molar-refractivity contribution in [3.8, 4) is 5.75 Å². The van der Waals surface area contributed by atoms with Gasteiger partial charge in [-0.1, -0.05) is 19.9 Å². The number of nitrogens with zero attached hydrogens (tertiary/aromatic N) is 1. The molecule has 1 amide bonds. The van der Waals surface area contributed by atoms with Crippen LogP contribution in [0.5, 0.6) is 5.75 Å². The maximum atomic E-state index is 13.3. The summed E-state index contributed by atoms with van der Waals surface area (Å²) in [5.41, 5.74) is 0.935. The third-order valence-corrected chi connectivity index (χ3v) is 7.08. The summed E-state index contributed by atoms with van der Waals surface area (Å²) >= 11 is 0. The van der Waals surface area contributed by atoms with Crippen LogP contribution in [-0.4, -0.2) is 58.6 Å². The van der Waals surface area contributed by atoms with Gasteiger partial charge < -0.3 is 14.8 Å². The summed E-state index contributed by atoms with van der Waals surface area (Å²) in [6.45, 7) is 8.36. The largest absolute Gasteiger partial charge is 0.495 e. The number of carbonyl (C=O) groups excluding carboxylic acids is 1. The SMILES string of the molecule is CCOCCCNC(=O)[C@@H]1CCCN(S(=O)(=O)c2cc(C(C)C)ccc2OC)C1. The van der Waals surface area contributed by atoms with E-state index in [4.69, 9.17) is 9.47 Å². The molecule has 1 heterocycles. The zero-order valence-corrected chi connectivity index (χ0v) is 18.8. The second-order valence-corrected chi connectivity index (χ2v) is 9.52. The van der Waals surface area contributed by atoms with E-state index in [1.165, 1.54) is 11.4 Å². The Morgan fingerprint density at radius 3 is 2.76 bits per heavy atom. The van der Waals surface area contributed by atoms with Crippen LogP contribution in [0.3, 0.4) is 0 Å². The van der Waals surface area contributed by atoms with Gasteiger partial charge in [-0.2, -0.15) is 4.31 Å². The van der Waals surface area contributed by atoms with Gasteiger partial charge in [-0.15, -0.1) is 0 Å². The van der Waals surface area contributed by atoms with Crippen molar-refractivity contribution in [1.29, 1.82) is 0 Å². The smallest absolute Gasteiger partial charge is 0.246 e. The van der Waals surface area contributed by atoms with E-state index >= 15 is 0 Å². The Kier molecular flexibility index (Phi) is 8.92. The lowest BCUT2D eigenvalue weighted by atomic mass is 9.99. The van der Waals surface area contributed by atoms with Crippen molar-refractivity contribution in [2.24, 2.45) is 5.92 Å². The second-order valence-electron chi connectivity index (χ2n) is 7.61. The molecule has 29 heavy (non-hydrogen) atoms. The van der Waals surface area contributed by atoms with Crippen LogP contribution in [0.25, 0.3) is 0 Å². The van der Waals surface area contributed by atoms with Gasteiger partial charge in [0, 0.05) is 32.8 Å². The summed E-state index contributed by atoms with van der Waals surface area (Å²) in [7, 11) is -2.28. The van der Waals surface area contributed by atoms with Crippen LogP contribution >= 0.6 is 0 Å². The van der Waals surface area contributed by atoms with E-state index in [0.717, 1.165) is 12.0 Å². The van der Waals surface area contributed by atoms with Gasteiger partial charge in [-0.25, -0.2) is 8.42 Å². The Morgan fingerprint density at radius 2 is 2.10 bits per heavy atom. The van der Waals surface area contributed by atoms with E-state index in [2.05, 4.69) is 5.32 Å². The molecule has 1 aliphatic rings. The van der Waals surface area contributed by atoms with Gasteiger partial charge in [-0.05, 0) is 49.8 Å². The molecule has 0 aromatic heterocycles. The predicted octanol–water partition coefficient (Wildman–Crippen LogP) is 2.76. The van der Waals surface area contributed by atoms with Gasteiger partial charge in [0.15, 0.2) is 0 Å². The zero-order chi connectivity index (χ0) is 21.4. The molecule has 0 spiro atoms. The van der Waals surface area contributed by atoms with E-state index < -0.39 is 10.0 Å². The summed E-state index contributed by atoms with van der Waals surface area (Å²) in [5, 5.41) is 2.90. The van der Waals surface area contributed by atoms with Gasteiger partial charge >= 0.3 is 0 Å². The molecule has 1 fully saturated rings. The average Bonchev–Trinajstić information content (AvgIpc) is 2.73. The average molecular weight is 427 g/mol. The summed E-state index contributed by atoms with van der Waals surface area (Å²) < 4.78 is 38.7. The molecule has 0 saturated carbocycles. The predicted molar refractivity (Wildman–Crippen MR) is 113 cm³/mol. The molecule has 1 aliphatic heterocycles. The molecule has 1 saturated heterocycles. The molecule has 1 atom stereocenters. The van der Waals surface area contributed by atoms with Crippen molar-refractivity contribution in [2.75, 3.05) is 40.0 Å². The standard InChI is InChI=1S/C21H34N2O5S/c1-5-28-13-7-11-22-21(24)18-8-6-12-23(15-18)29(25,26)20-14-17(16(2)3)9-10-19(20)27-4/h9-10,14,16,18H,5-8,11-13,15H2,1-4H3,(H,22,24)/t18-/m1/s1. The summed E-state index contributed by atoms with van der Waals surface area (Å²) in [6.07, 6.45) is 2.09. The van der Waals surface area contributed by atoms with Gasteiger partial charge in [0.05, 0.1) is 13.0 Å². The maximum Gasteiger partial charge on any atom is 0.246 e. The highest BCUT2D eigenvalue weighted by Crippen LogP contribution is 2.32. The number of hydrogen-bond acceptors (Lipinski definition) is 5. The van der Waals surface area contributed by atoms with Crippen molar-refractivity contribution in [1.82, 2.24) is 9.62 Å². The Labute approximate surface area is 174 Å². The Hall–Kier alpha value is -1.64. The van der Waals surface area contributed by atoms with Crippen LogP contribution in [0.1, 0.15) is 51.5 Å². The molecule has 0 bridgehead atoms. The number of carbonyl (C=O) groups is 1. The van der Waals surface area contributed by atoms with E-state index in [1.54, 1.807) is 12.1 Å². The number of ether oxygens (including phenoxy) is 2. The first kappa shape index (κ1) is 23.6. The van der Waals surface area contributed by atoms with E-state index in [-0.39, 0.29) is 29.2 Å². The van der Waals surface area contributed by atoms with Crippen molar-refractivity contribution < 1.29 is 22.7 Å². The molecule has 164 valence electrons. The number of nitrogens with one attached hydrogen (secondary N) is 1. The minimum Gasteiger partial charge on any atom is -0.495 e. The van der Waals surface area contributed by atoms with Crippen LogP contribution in [0.15, 0.2) is 23.1 Å². The van der Waals surface area contributed by atoms with Crippen LogP contribution in [0.2, 0.25) is 0 Å². The van der Waals surface area contributed by atoms with Gasteiger partial charge in [0.1, 0.15) is 10.6 Å². The Balaban J connectivity index is 2.11. The summed E-state index contributed by atoms with van der Waals surface area (Å²) in [6, 6.07) is 5.28. The zero-order valence-electron chi connectivity index (χ0n) is 17.9. The molecule has 8 heteroatoms. The van der Waals surface area contributed by atoms with Crippen molar-refractivity contribution in [2.45, 2.75) is 50.8 Å². The Morgan fingerprint density at radius 1 is 1.34 bits per heavy atom. The van der Waals surface area contributed by atoms with Crippen LogP contribution < -0.4 is 10.1 Å². The molecular formula is C21H34N2O5S. The van der Waals surface area contributed by atoms with Crippen molar-refractivity contribution >= 4 is 15.9 Å². The monoisotopic (exact) mass is 426 g/mol. The molecule has 1 N–H and O–H groups in total. The molecule has 1 aromatic rings. The number of benzene rings is 1. The van der Waals surface area contributed by atoms with Crippen LogP contribution in [0.4, 0.5) is 0 Å². The number of hydrogen-bond donors (Lipinski definition) is 1. The van der Waals surface area contributed by atoms with E-state index in [0.29, 0.717) is 44.9 Å². The van der Waals surface area contributed by atoms with E-state index in [1.807, 2.05) is 26.8 Å². The maximum absolute atomic E-state index is 13.3. The highest BCUT2D eigenvalue weighted by Gasteiger charge is 2.35. The van der Waals surface area contributed by atoms with Crippen molar-refractivity contribution in [3.05, 3.63) is 23.8 Å². The first-order chi connectivity index (χ1) is 13.8. The second kappa shape index (κ2) is 10.9. The number of sulfonamides is 1. The Bertz CT molecular complexity index is 779.